The third-order valence-corrected chi connectivity index (χ3v) is 1.82. The van der Waals surface area contributed by atoms with Gasteiger partial charge in [0.15, 0.2) is 0 Å². The number of dihydropyridines is 1. The highest BCUT2D eigenvalue weighted by Gasteiger charge is 2.06. The molecular weight excluding hydrogens is 136 g/mol. The lowest BCUT2D eigenvalue weighted by Gasteiger charge is -2.12. The van der Waals surface area contributed by atoms with Crippen molar-refractivity contribution in [2.45, 2.75) is 13.3 Å². The first-order chi connectivity index (χ1) is 5.34. The van der Waals surface area contributed by atoms with Crippen LogP contribution in [-0.2, 0) is 0 Å². The molecule has 2 heteroatoms. The van der Waals surface area contributed by atoms with E-state index in [4.69, 9.17) is 5.26 Å². The van der Waals surface area contributed by atoms with Crippen molar-refractivity contribution in [3.8, 4) is 6.07 Å². The molecule has 1 rings (SSSR count). The number of nitriles is 1. The molecule has 1 aliphatic heterocycles. The summed E-state index contributed by atoms with van der Waals surface area (Å²) in [6.45, 7) is 2.96. The fourth-order valence-electron chi connectivity index (χ4n) is 1.09. The SMILES string of the molecule is CC(CC#N)C1=CCNC=C1. The van der Waals surface area contributed by atoms with E-state index < -0.39 is 0 Å². The highest BCUT2D eigenvalue weighted by atomic mass is 14.8. The van der Waals surface area contributed by atoms with Gasteiger partial charge in [0.25, 0.3) is 0 Å². The Hall–Kier alpha value is -1.23. The molecule has 58 valence electrons. The molecule has 1 aliphatic rings. The Bertz CT molecular complexity index is 220. The quantitative estimate of drug-likeness (QED) is 0.645. The molecule has 0 fully saturated rings. The van der Waals surface area contributed by atoms with Crippen molar-refractivity contribution in [3.05, 3.63) is 23.9 Å². The van der Waals surface area contributed by atoms with Crippen LogP contribution in [0.5, 0.6) is 0 Å². The van der Waals surface area contributed by atoms with Gasteiger partial charge in [-0.05, 0) is 23.8 Å². The van der Waals surface area contributed by atoms with Gasteiger partial charge in [-0.15, -0.1) is 0 Å². The van der Waals surface area contributed by atoms with Crippen LogP contribution in [0.15, 0.2) is 23.9 Å². The van der Waals surface area contributed by atoms with Crippen molar-refractivity contribution < 1.29 is 0 Å². The monoisotopic (exact) mass is 148 g/mol. The first-order valence-electron chi connectivity index (χ1n) is 3.81. The van der Waals surface area contributed by atoms with Crippen LogP contribution in [0.2, 0.25) is 0 Å². The number of allylic oxidation sites excluding steroid dienone is 2. The van der Waals surface area contributed by atoms with E-state index in [1.54, 1.807) is 0 Å². The standard InChI is InChI=1S/C9H12N2/c1-8(2-5-10)9-3-6-11-7-4-9/h3-4,6,8,11H,2,7H2,1H3. The summed E-state index contributed by atoms with van der Waals surface area (Å²) in [7, 11) is 0. The van der Waals surface area contributed by atoms with Crippen molar-refractivity contribution in [1.82, 2.24) is 5.32 Å². The van der Waals surface area contributed by atoms with Crippen LogP contribution < -0.4 is 5.32 Å². The van der Waals surface area contributed by atoms with Crippen molar-refractivity contribution in [1.29, 1.82) is 5.26 Å². The Morgan fingerprint density at radius 1 is 1.82 bits per heavy atom. The zero-order chi connectivity index (χ0) is 8.10. The fraction of sp³-hybridized carbons (Fsp3) is 0.444. The first kappa shape index (κ1) is 7.87. The molecule has 0 saturated carbocycles. The minimum absolute atomic E-state index is 0.373. The summed E-state index contributed by atoms with van der Waals surface area (Å²) in [4.78, 5) is 0. The van der Waals surface area contributed by atoms with Crippen molar-refractivity contribution >= 4 is 0 Å². The highest BCUT2D eigenvalue weighted by Crippen LogP contribution is 2.16. The lowest BCUT2D eigenvalue weighted by molar-refractivity contribution is 0.707. The Morgan fingerprint density at radius 2 is 2.64 bits per heavy atom. The van der Waals surface area contributed by atoms with Crippen molar-refractivity contribution in [3.63, 3.8) is 0 Å². The van der Waals surface area contributed by atoms with E-state index in [1.165, 1.54) is 5.57 Å². The Balaban J connectivity index is 2.53. The third kappa shape index (κ3) is 2.12. The Labute approximate surface area is 67.2 Å². The number of nitrogens with zero attached hydrogens (tertiary/aromatic N) is 1. The molecule has 0 aromatic carbocycles. The molecule has 11 heavy (non-hydrogen) atoms. The molecule has 0 amide bonds. The summed E-state index contributed by atoms with van der Waals surface area (Å²) in [5, 5.41) is 11.5. The van der Waals surface area contributed by atoms with E-state index in [0.29, 0.717) is 12.3 Å². The van der Waals surface area contributed by atoms with Crippen LogP contribution in [0.3, 0.4) is 0 Å². The molecule has 1 atom stereocenters. The average Bonchev–Trinajstić information content (AvgIpc) is 2.07. The second kappa shape index (κ2) is 3.82. The summed E-state index contributed by atoms with van der Waals surface area (Å²) in [6, 6.07) is 2.17. The number of hydrogen-bond donors (Lipinski definition) is 1. The van der Waals surface area contributed by atoms with Gasteiger partial charge >= 0.3 is 0 Å². The largest absolute Gasteiger partial charge is 0.387 e. The van der Waals surface area contributed by atoms with Crippen molar-refractivity contribution in [2.24, 2.45) is 5.92 Å². The molecule has 0 bridgehead atoms. The van der Waals surface area contributed by atoms with Gasteiger partial charge in [-0.3, -0.25) is 0 Å². The minimum Gasteiger partial charge on any atom is -0.387 e. The van der Waals surface area contributed by atoms with Gasteiger partial charge in [-0.1, -0.05) is 13.0 Å². The zero-order valence-corrected chi connectivity index (χ0v) is 6.67. The molecule has 0 aromatic rings. The van der Waals surface area contributed by atoms with E-state index in [-0.39, 0.29) is 0 Å². The Morgan fingerprint density at radius 3 is 3.18 bits per heavy atom. The molecule has 0 aromatic heterocycles. The van der Waals surface area contributed by atoms with Gasteiger partial charge in [-0.25, -0.2) is 0 Å². The second-order valence-corrected chi connectivity index (χ2v) is 2.71. The van der Waals surface area contributed by atoms with E-state index >= 15 is 0 Å². The van der Waals surface area contributed by atoms with E-state index in [2.05, 4.69) is 24.4 Å². The summed E-state index contributed by atoms with van der Waals surface area (Å²) in [6.07, 6.45) is 6.70. The molecule has 1 N–H and O–H groups in total. The first-order valence-corrected chi connectivity index (χ1v) is 3.81. The van der Waals surface area contributed by atoms with E-state index in [1.807, 2.05) is 12.3 Å². The van der Waals surface area contributed by atoms with Gasteiger partial charge in [0.1, 0.15) is 0 Å². The maximum Gasteiger partial charge on any atom is 0.0628 e. The molecular formula is C9H12N2. The van der Waals surface area contributed by atoms with E-state index in [9.17, 15) is 0 Å². The zero-order valence-electron chi connectivity index (χ0n) is 6.67. The molecule has 0 radical (unpaired) electrons. The van der Waals surface area contributed by atoms with Gasteiger partial charge in [0.2, 0.25) is 0 Å². The smallest absolute Gasteiger partial charge is 0.0628 e. The third-order valence-electron chi connectivity index (χ3n) is 1.82. The number of hydrogen-bond acceptors (Lipinski definition) is 2. The van der Waals surface area contributed by atoms with Gasteiger partial charge < -0.3 is 5.32 Å². The average molecular weight is 148 g/mol. The number of nitrogens with one attached hydrogen (secondary N) is 1. The predicted octanol–water partition coefficient (Wildman–Crippen LogP) is 1.58. The van der Waals surface area contributed by atoms with E-state index in [0.717, 1.165) is 6.54 Å². The Kier molecular flexibility index (Phi) is 2.74. The van der Waals surface area contributed by atoms with Gasteiger partial charge in [0, 0.05) is 13.0 Å². The molecule has 0 spiro atoms. The molecule has 1 unspecified atom stereocenters. The van der Waals surface area contributed by atoms with Gasteiger partial charge in [-0.2, -0.15) is 5.26 Å². The maximum absolute atomic E-state index is 8.45. The predicted molar refractivity (Wildman–Crippen MR) is 44.6 cm³/mol. The van der Waals surface area contributed by atoms with Crippen LogP contribution in [0, 0.1) is 17.2 Å². The molecule has 0 aliphatic carbocycles. The summed E-state index contributed by atoms with van der Waals surface area (Å²) >= 11 is 0. The van der Waals surface area contributed by atoms with Crippen LogP contribution in [0.25, 0.3) is 0 Å². The summed E-state index contributed by atoms with van der Waals surface area (Å²) < 4.78 is 0. The summed E-state index contributed by atoms with van der Waals surface area (Å²) in [5.74, 6) is 0.373. The minimum atomic E-state index is 0.373. The van der Waals surface area contributed by atoms with Crippen LogP contribution >= 0.6 is 0 Å². The second-order valence-electron chi connectivity index (χ2n) is 2.71. The topological polar surface area (TPSA) is 35.8 Å². The maximum atomic E-state index is 8.45. The van der Waals surface area contributed by atoms with Gasteiger partial charge in [0.05, 0.1) is 6.07 Å². The molecule has 1 heterocycles. The normalized spacial score (nSPS) is 18.0. The van der Waals surface area contributed by atoms with Crippen LogP contribution in [0.1, 0.15) is 13.3 Å². The lowest BCUT2D eigenvalue weighted by atomic mass is 9.97. The summed E-state index contributed by atoms with van der Waals surface area (Å²) in [5.41, 5.74) is 1.27. The highest BCUT2D eigenvalue weighted by molar-refractivity contribution is 5.24. The number of rotatable bonds is 2. The molecule has 2 nitrogen and oxygen atoms in total. The fourth-order valence-corrected chi connectivity index (χ4v) is 1.09. The van der Waals surface area contributed by atoms with Crippen LogP contribution in [-0.4, -0.2) is 6.54 Å². The molecule has 0 saturated heterocycles. The van der Waals surface area contributed by atoms with Crippen molar-refractivity contribution in [2.75, 3.05) is 6.54 Å². The van der Waals surface area contributed by atoms with Crippen LogP contribution in [0.4, 0.5) is 0 Å². The lowest BCUT2D eigenvalue weighted by Crippen LogP contribution is -2.11.